The topological polar surface area (TPSA) is 69.0 Å². The molecule has 24 heavy (non-hydrogen) atoms. The van der Waals surface area contributed by atoms with E-state index in [1.54, 1.807) is 22.9 Å². The van der Waals surface area contributed by atoms with Gasteiger partial charge in [-0.3, -0.25) is 9.36 Å². The van der Waals surface area contributed by atoms with Crippen LogP contribution in [0, 0.1) is 5.82 Å². The second kappa shape index (κ2) is 6.66. The predicted molar refractivity (Wildman–Crippen MR) is 90.3 cm³/mol. The number of aryl methyl sites for hydroxylation is 1. The first-order valence-corrected chi connectivity index (χ1v) is 7.59. The van der Waals surface area contributed by atoms with Gasteiger partial charge in [-0.1, -0.05) is 6.92 Å². The minimum absolute atomic E-state index is 0.107. The number of hydrogen-bond acceptors (Lipinski definition) is 5. The van der Waals surface area contributed by atoms with Crippen LogP contribution in [0.25, 0.3) is 11.0 Å². The molecule has 0 spiro atoms. The lowest BCUT2D eigenvalue weighted by Gasteiger charge is -2.10. The number of nitrogens with one attached hydrogen (secondary N) is 1. The van der Waals surface area contributed by atoms with E-state index in [9.17, 15) is 9.18 Å². The highest BCUT2D eigenvalue weighted by Gasteiger charge is 2.08. The zero-order valence-electron chi connectivity index (χ0n) is 13.4. The Morgan fingerprint density at radius 3 is 2.83 bits per heavy atom. The summed E-state index contributed by atoms with van der Waals surface area (Å²) in [7, 11) is 1.41. The maximum Gasteiger partial charge on any atom is 0.252 e. The molecule has 6 nitrogen and oxygen atoms in total. The summed E-state index contributed by atoms with van der Waals surface area (Å²) in [6, 6.07) is 7.69. The normalized spacial score (nSPS) is 10.8. The van der Waals surface area contributed by atoms with Gasteiger partial charge in [-0.25, -0.2) is 9.37 Å². The largest absolute Gasteiger partial charge is 0.494 e. The fourth-order valence-electron chi connectivity index (χ4n) is 2.44. The molecule has 2 aromatic heterocycles. The monoisotopic (exact) mass is 328 g/mol. The van der Waals surface area contributed by atoms with Gasteiger partial charge < -0.3 is 10.1 Å². The number of pyridine rings is 1. The van der Waals surface area contributed by atoms with Crippen LogP contribution < -0.4 is 15.6 Å². The molecular weight excluding hydrogens is 311 g/mol. The second-order valence-electron chi connectivity index (χ2n) is 5.27. The number of nitrogens with zero attached hydrogens (tertiary/aromatic N) is 3. The molecule has 0 aliphatic carbocycles. The number of rotatable bonds is 5. The van der Waals surface area contributed by atoms with Crippen molar-refractivity contribution in [1.82, 2.24) is 14.5 Å². The molecule has 1 N–H and O–H groups in total. The van der Waals surface area contributed by atoms with Gasteiger partial charge in [0.25, 0.3) is 5.56 Å². The summed E-state index contributed by atoms with van der Waals surface area (Å²) >= 11 is 0. The zero-order valence-corrected chi connectivity index (χ0v) is 13.4. The lowest BCUT2D eigenvalue weighted by Crippen LogP contribution is -2.20. The lowest BCUT2D eigenvalue weighted by molar-refractivity contribution is 0.386. The third-order valence-electron chi connectivity index (χ3n) is 3.58. The van der Waals surface area contributed by atoms with Crippen molar-refractivity contribution in [1.29, 1.82) is 0 Å². The maximum absolute atomic E-state index is 13.8. The number of halogens is 1. The van der Waals surface area contributed by atoms with Crippen LogP contribution in [0.4, 0.5) is 16.0 Å². The van der Waals surface area contributed by atoms with E-state index in [1.165, 1.54) is 25.3 Å². The Morgan fingerprint density at radius 1 is 1.29 bits per heavy atom. The Hall–Kier alpha value is -2.96. The SMILES string of the molecule is CCCn1c(=O)ccc2cnc(Nc3ccc(OC)c(F)c3)nc21. The standard InChI is InChI=1S/C17H17FN4O2/c1-3-8-22-15(23)7-4-11-10-19-17(21-16(11)22)20-12-5-6-14(24-2)13(18)9-12/h4-7,9-10H,3,8H2,1-2H3,(H,19,20,21). The third-order valence-corrected chi connectivity index (χ3v) is 3.58. The minimum atomic E-state index is -0.480. The average Bonchev–Trinajstić information content (AvgIpc) is 2.58. The molecule has 1 aromatic carbocycles. The molecular formula is C17H17FN4O2. The van der Waals surface area contributed by atoms with Gasteiger partial charge in [0.05, 0.1) is 7.11 Å². The lowest BCUT2D eigenvalue weighted by atomic mass is 10.3. The molecule has 3 rings (SSSR count). The van der Waals surface area contributed by atoms with Crippen LogP contribution in [-0.2, 0) is 6.54 Å². The number of benzene rings is 1. The molecule has 0 aliphatic rings. The van der Waals surface area contributed by atoms with Crippen LogP contribution in [0.1, 0.15) is 13.3 Å². The van der Waals surface area contributed by atoms with Crippen molar-refractivity contribution >= 4 is 22.7 Å². The first kappa shape index (κ1) is 15.9. The summed E-state index contributed by atoms with van der Waals surface area (Å²) in [6.07, 6.45) is 2.45. The van der Waals surface area contributed by atoms with Gasteiger partial charge in [-0.2, -0.15) is 4.98 Å². The summed E-state index contributed by atoms with van der Waals surface area (Å²) in [6.45, 7) is 2.57. The van der Waals surface area contributed by atoms with Gasteiger partial charge in [0.15, 0.2) is 11.6 Å². The highest BCUT2D eigenvalue weighted by molar-refractivity contribution is 5.75. The van der Waals surface area contributed by atoms with Gasteiger partial charge >= 0.3 is 0 Å². The van der Waals surface area contributed by atoms with Crippen LogP contribution in [0.15, 0.2) is 41.3 Å². The summed E-state index contributed by atoms with van der Waals surface area (Å²) in [5.41, 5.74) is 0.938. The van der Waals surface area contributed by atoms with Crippen LogP contribution in [0.3, 0.4) is 0 Å². The first-order chi connectivity index (χ1) is 11.6. The molecule has 124 valence electrons. The molecule has 0 saturated carbocycles. The van der Waals surface area contributed by atoms with E-state index < -0.39 is 5.82 Å². The molecule has 0 saturated heterocycles. The van der Waals surface area contributed by atoms with Crippen molar-refractivity contribution in [2.24, 2.45) is 0 Å². The van der Waals surface area contributed by atoms with E-state index >= 15 is 0 Å². The fourth-order valence-corrected chi connectivity index (χ4v) is 2.44. The van der Waals surface area contributed by atoms with Crippen LogP contribution in [-0.4, -0.2) is 21.6 Å². The van der Waals surface area contributed by atoms with Gasteiger partial charge in [0, 0.05) is 35.9 Å². The number of aromatic nitrogens is 3. The number of ether oxygens (including phenoxy) is 1. The van der Waals surface area contributed by atoms with E-state index in [-0.39, 0.29) is 11.3 Å². The summed E-state index contributed by atoms with van der Waals surface area (Å²) < 4.78 is 20.3. The molecule has 0 atom stereocenters. The van der Waals surface area contributed by atoms with Crippen molar-refractivity contribution in [3.63, 3.8) is 0 Å². The zero-order chi connectivity index (χ0) is 17.1. The van der Waals surface area contributed by atoms with Gasteiger partial charge in [-0.05, 0) is 24.6 Å². The van der Waals surface area contributed by atoms with E-state index in [0.29, 0.717) is 23.8 Å². The first-order valence-electron chi connectivity index (χ1n) is 7.59. The number of fused-ring (bicyclic) bond motifs is 1. The van der Waals surface area contributed by atoms with Crippen LogP contribution in [0.5, 0.6) is 5.75 Å². The average molecular weight is 328 g/mol. The van der Waals surface area contributed by atoms with E-state index in [2.05, 4.69) is 15.3 Å². The maximum atomic E-state index is 13.8. The molecule has 0 bridgehead atoms. The van der Waals surface area contributed by atoms with E-state index in [1.807, 2.05) is 6.92 Å². The Labute approximate surface area is 137 Å². The molecule has 0 unspecified atom stereocenters. The molecule has 0 fully saturated rings. The Kier molecular flexibility index (Phi) is 4.41. The van der Waals surface area contributed by atoms with Crippen molar-refractivity contribution < 1.29 is 9.13 Å². The molecule has 3 aromatic rings. The quantitative estimate of drug-likeness (QED) is 0.779. The minimum Gasteiger partial charge on any atom is -0.494 e. The third kappa shape index (κ3) is 3.05. The Balaban J connectivity index is 1.99. The van der Waals surface area contributed by atoms with Crippen LogP contribution >= 0.6 is 0 Å². The van der Waals surface area contributed by atoms with Gasteiger partial charge in [-0.15, -0.1) is 0 Å². The smallest absolute Gasteiger partial charge is 0.252 e. The van der Waals surface area contributed by atoms with Gasteiger partial charge in [0.2, 0.25) is 5.95 Å². The molecule has 0 amide bonds. The van der Waals surface area contributed by atoms with Crippen molar-refractivity contribution in [2.75, 3.05) is 12.4 Å². The van der Waals surface area contributed by atoms with E-state index in [4.69, 9.17) is 4.74 Å². The van der Waals surface area contributed by atoms with E-state index in [0.717, 1.165) is 11.8 Å². The molecule has 2 heterocycles. The van der Waals surface area contributed by atoms with Crippen molar-refractivity contribution in [2.45, 2.75) is 19.9 Å². The Morgan fingerprint density at radius 2 is 2.12 bits per heavy atom. The summed E-state index contributed by atoms with van der Waals surface area (Å²) in [5, 5.41) is 3.72. The molecule has 0 radical (unpaired) electrons. The second-order valence-corrected chi connectivity index (χ2v) is 5.27. The number of anilines is 2. The highest BCUT2D eigenvalue weighted by atomic mass is 19.1. The highest BCUT2D eigenvalue weighted by Crippen LogP contribution is 2.22. The van der Waals surface area contributed by atoms with Crippen molar-refractivity contribution in [3.05, 3.63) is 52.7 Å². The summed E-state index contributed by atoms with van der Waals surface area (Å²) in [5.74, 6) is -0.0227. The fraction of sp³-hybridized carbons (Fsp3) is 0.235. The number of hydrogen-bond donors (Lipinski definition) is 1. The summed E-state index contributed by atoms with van der Waals surface area (Å²) in [4.78, 5) is 20.6. The Bertz CT molecular complexity index is 940. The molecule has 7 heteroatoms. The van der Waals surface area contributed by atoms with Crippen molar-refractivity contribution in [3.8, 4) is 5.75 Å². The molecule has 0 aliphatic heterocycles. The predicted octanol–water partition coefficient (Wildman–Crippen LogP) is 3.09. The number of methoxy groups -OCH3 is 1. The van der Waals surface area contributed by atoms with Gasteiger partial charge in [0.1, 0.15) is 5.65 Å². The van der Waals surface area contributed by atoms with Crippen LogP contribution in [0.2, 0.25) is 0 Å².